The van der Waals surface area contributed by atoms with E-state index in [2.05, 4.69) is 102 Å². The second-order valence-electron chi connectivity index (χ2n) is 20.3. The lowest BCUT2D eigenvalue weighted by Crippen LogP contribution is -2.65. The third-order valence-corrected chi connectivity index (χ3v) is 17.9. The summed E-state index contributed by atoms with van der Waals surface area (Å²) in [6, 6.07) is 8.70. The number of nitrogens with zero attached hydrogens (tertiary/aromatic N) is 1. The van der Waals surface area contributed by atoms with Crippen molar-refractivity contribution in [3.8, 4) is 0 Å². The molecule has 0 bridgehead atoms. The van der Waals surface area contributed by atoms with Gasteiger partial charge in [-0.15, -0.1) is 0 Å². The van der Waals surface area contributed by atoms with Gasteiger partial charge in [0.1, 0.15) is 0 Å². The summed E-state index contributed by atoms with van der Waals surface area (Å²) in [5.74, 6) is 5.92. The standard InChI is InChI=1S/C42H65N3O3S.C7H12.5C2H6.CH4/c1-28(43-6)31-14-20-42(44-22-23-45-24-26-49(47)27-25-45)21-16-34-32(37(31)42)12-13-36-40(34,4)19-17-35-39(2,3)33(15-18-41(35,36)5)29-8-10-30(11-9-29)38(46)48-7;1-6(2)5-7(3)4;5*1-2;/h8-11,15,28,31-32,34-37,43-44H,12-14,16-27H2,1-7H3;5H,1H2,2-4H3;5*1-2H3;1H4. The highest BCUT2D eigenvalue weighted by Crippen LogP contribution is 2.73. The average molecular weight is 955 g/mol. The van der Waals surface area contributed by atoms with Crippen LogP contribution in [0.5, 0.6) is 0 Å². The zero-order valence-corrected chi connectivity index (χ0v) is 47.7. The predicted molar refractivity (Wildman–Crippen MR) is 300 cm³/mol. The second kappa shape index (κ2) is 30.6. The normalized spacial score (nSPS) is 31.3. The van der Waals surface area contributed by atoms with Gasteiger partial charge < -0.3 is 20.3 Å². The molecule has 0 amide bonds. The van der Waals surface area contributed by atoms with Crippen LogP contribution in [0, 0.1) is 51.8 Å². The van der Waals surface area contributed by atoms with Gasteiger partial charge in [-0.1, -0.05) is 146 Å². The molecule has 7 rings (SSSR count). The van der Waals surface area contributed by atoms with Crippen molar-refractivity contribution in [1.29, 1.82) is 0 Å². The first-order valence-corrected chi connectivity index (χ1v) is 28.7. The monoisotopic (exact) mass is 954 g/mol. The highest BCUT2D eigenvalue weighted by molar-refractivity contribution is 7.85. The third-order valence-electron chi connectivity index (χ3n) is 16.6. The minimum Gasteiger partial charge on any atom is -0.465 e. The van der Waals surface area contributed by atoms with Gasteiger partial charge in [0.05, 0.1) is 12.7 Å². The Balaban J connectivity index is 0.00000213. The highest BCUT2D eigenvalue weighted by Gasteiger charge is 2.66. The van der Waals surface area contributed by atoms with E-state index in [4.69, 9.17) is 4.74 Å². The summed E-state index contributed by atoms with van der Waals surface area (Å²) in [5.41, 5.74) is 6.82. The van der Waals surface area contributed by atoms with Crippen molar-refractivity contribution in [3.05, 3.63) is 65.3 Å². The Kier molecular flexibility index (Phi) is 29.7. The molecule has 0 spiro atoms. The van der Waals surface area contributed by atoms with E-state index in [9.17, 15) is 9.00 Å². The Morgan fingerprint density at radius 2 is 1.40 bits per heavy atom. The van der Waals surface area contributed by atoms with Gasteiger partial charge in [0.2, 0.25) is 0 Å². The van der Waals surface area contributed by atoms with E-state index in [0.29, 0.717) is 28.4 Å². The maximum Gasteiger partial charge on any atom is 0.337 e. The van der Waals surface area contributed by atoms with Crippen LogP contribution in [0.4, 0.5) is 0 Å². The van der Waals surface area contributed by atoms with Crippen molar-refractivity contribution in [2.24, 2.45) is 51.8 Å². The van der Waals surface area contributed by atoms with Crippen LogP contribution in [0.1, 0.15) is 206 Å². The molecule has 6 aliphatic rings. The van der Waals surface area contributed by atoms with Crippen molar-refractivity contribution >= 4 is 22.3 Å². The molecule has 4 saturated carbocycles. The SMILES string of the molecule is C.C=C(C)C=C(C)C.CC.CC.CC.CC.CC.CNC(C)C1CCC2(NCCN3CCS(=O)CC3)CCC3C(CCC4C3(C)CCC3C(C)(C)C(c5ccc(C(=O)OC)cc5)=CCC34C)C12. The maximum atomic E-state index is 12.1. The number of hydrogen-bond acceptors (Lipinski definition) is 6. The lowest BCUT2D eigenvalue weighted by molar-refractivity contribution is -0.176. The van der Waals surface area contributed by atoms with Crippen LogP contribution in [-0.2, 0) is 15.5 Å². The summed E-state index contributed by atoms with van der Waals surface area (Å²) in [4.78, 5) is 14.7. The molecule has 10 atom stereocenters. The van der Waals surface area contributed by atoms with E-state index in [0.717, 1.165) is 79.3 Å². The molecule has 1 saturated heterocycles. The minimum atomic E-state index is -0.610. The zero-order chi connectivity index (χ0) is 50.6. The Hall–Kier alpha value is -2.06. The fraction of sp³-hybridized carbons (Fsp3) is 0.783. The van der Waals surface area contributed by atoms with Gasteiger partial charge in [-0.25, -0.2) is 4.79 Å². The lowest BCUT2D eigenvalue weighted by Gasteiger charge is -2.68. The van der Waals surface area contributed by atoms with E-state index in [1.165, 1.54) is 75.2 Å². The number of ether oxygens (including phenoxy) is 1. The molecular weight excluding hydrogens is 843 g/mol. The number of methoxy groups -OCH3 is 1. The second-order valence-corrected chi connectivity index (χ2v) is 22.0. The van der Waals surface area contributed by atoms with Crippen molar-refractivity contribution in [1.82, 2.24) is 15.5 Å². The van der Waals surface area contributed by atoms with Crippen molar-refractivity contribution in [2.75, 3.05) is 51.8 Å². The van der Waals surface area contributed by atoms with Gasteiger partial charge in [0.25, 0.3) is 0 Å². The van der Waals surface area contributed by atoms with Crippen molar-refractivity contribution in [3.63, 3.8) is 0 Å². The largest absolute Gasteiger partial charge is 0.465 e. The molecule has 5 fully saturated rings. The molecule has 5 aliphatic carbocycles. The van der Waals surface area contributed by atoms with Crippen LogP contribution in [0.3, 0.4) is 0 Å². The molecule has 7 heteroatoms. The summed E-state index contributed by atoms with van der Waals surface area (Å²) in [7, 11) is 3.02. The van der Waals surface area contributed by atoms with E-state index in [-0.39, 0.29) is 24.3 Å². The van der Waals surface area contributed by atoms with Crippen LogP contribution >= 0.6 is 0 Å². The van der Waals surface area contributed by atoms with Gasteiger partial charge >= 0.3 is 5.97 Å². The third kappa shape index (κ3) is 15.0. The fourth-order valence-corrected chi connectivity index (χ4v) is 15.4. The summed E-state index contributed by atoms with van der Waals surface area (Å²) in [6.45, 7) is 46.9. The number of fused-ring (bicyclic) bond motifs is 7. The molecule has 0 aromatic heterocycles. The van der Waals surface area contributed by atoms with E-state index < -0.39 is 10.8 Å². The lowest BCUT2D eigenvalue weighted by atomic mass is 9.36. The Morgan fingerprint density at radius 1 is 0.836 bits per heavy atom. The van der Waals surface area contributed by atoms with Crippen LogP contribution in [0.25, 0.3) is 5.57 Å². The average Bonchev–Trinajstić information content (AvgIpc) is 3.72. The number of hydrogen-bond donors (Lipinski definition) is 2. The Morgan fingerprint density at radius 3 is 1.91 bits per heavy atom. The van der Waals surface area contributed by atoms with Crippen LogP contribution in [0.15, 0.2) is 54.1 Å². The van der Waals surface area contributed by atoms with Crippen LogP contribution in [0.2, 0.25) is 0 Å². The van der Waals surface area contributed by atoms with E-state index >= 15 is 0 Å². The number of benzene rings is 1. The molecule has 6 nitrogen and oxygen atoms in total. The number of carbonyl (C=O) groups excluding carboxylic acids is 1. The minimum absolute atomic E-state index is 0. The van der Waals surface area contributed by atoms with Gasteiger partial charge in [0.15, 0.2) is 0 Å². The molecule has 67 heavy (non-hydrogen) atoms. The van der Waals surface area contributed by atoms with E-state index in [1.807, 2.05) is 88.3 Å². The van der Waals surface area contributed by atoms with Crippen LogP contribution < -0.4 is 10.6 Å². The Bertz CT molecular complexity index is 1650. The summed E-state index contributed by atoms with van der Waals surface area (Å²) >= 11 is 0. The van der Waals surface area contributed by atoms with Crippen molar-refractivity contribution in [2.45, 2.75) is 201 Å². The first kappa shape index (κ1) is 64.9. The smallest absolute Gasteiger partial charge is 0.337 e. The number of nitrogens with one attached hydrogen (secondary N) is 2. The topological polar surface area (TPSA) is 70.7 Å². The number of rotatable bonds is 9. The summed E-state index contributed by atoms with van der Waals surface area (Å²) in [5, 5.41) is 8.02. The zero-order valence-electron chi connectivity index (χ0n) is 46.9. The quantitative estimate of drug-likeness (QED) is 0.190. The molecule has 1 aliphatic heterocycles. The summed E-state index contributed by atoms with van der Waals surface area (Å²) < 4.78 is 16.9. The van der Waals surface area contributed by atoms with Gasteiger partial charge in [-0.05, 0) is 168 Å². The fourth-order valence-electron chi connectivity index (χ4n) is 14.3. The van der Waals surface area contributed by atoms with Gasteiger partial charge in [-0.3, -0.25) is 4.21 Å². The van der Waals surface area contributed by atoms with Gasteiger partial charge in [0, 0.05) is 60.1 Å². The molecule has 2 N–H and O–H groups in total. The first-order chi connectivity index (χ1) is 31.5. The molecule has 1 aromatic rings. The molecular formula is C60H111N3O3S. The number of carbonyl (C=O) groups is 1. The highest BCUT2D eigenvalue weighted by atomic mass is 32.2. The van der Waals surface area contributed by atoms with Crippen LogP contribution in [-0.4, -0.2) is 78.5 Å². The van der Waals surface area contributed by atoms with Crippen molar-refractivity contribution < 1.29 is 13.7 Å². The van der Waals surface area contributed by atoms with Gasteiger partial charge in [-0.2, -0.15) is 0 Å². The molecule has 0 radical (unpaired) electrons. The maximum absolute atomic E-state index is 12.1. The molecule has 1 aromatic carbocycles. The summed E-state index contributed by atoms with van der Waals surface area (Å²) in [6.07, 6.45) is 16.6. The predicted octanol–water partition coefficient (Wildman–Crippen LogP) is 15.5. The molecule has 10 unspecified atom stereocenters. The first-order valence-electron chi connectivity index (χ1n) is 27.2. The van der Waals surface area contributed by atoms with E-state index in [1.54, 1.807) is 0 Å². The molecule has 1 heterocycles. The Labute approximate surface area is 420 Å². The molecule has 390 valence electrons. The number of esters is 1. The number of allylic oxidation sites excluding steroid dienone is 5.